The minimum atomic E-state index is -0.121. The number of carbonyl (C=O) groups excluding carboxylic acids is 1. The molecule has 0 saturated carbocycles. The van der Waals surface area contributed by atoms with Gasteiger partial charge in [-0.1, -0.05) is 30.3 Å². The number of urea groups is 1. The van der Waals surface area contributed by atoms with Gasteiger partial charge in [0.1, 0.15) is 0 Å². The molecule has 32 heavy (non-hydrogen) atoms. The Morgan fingerprint density at radius 2 is 1.78 bits per heavy atom. The van der Waals surface area contributed by atoms with Gasteiger partial charge in [0, 0.05) is 48.2 Å². The molecule has 1 atom stereocenters. The lowest BCUT2D eigenvalue weighted by Gasteiger charge is -2.39. The van der Waals surface area contributed by atoms with Crippen molar-refractivity contribution in [3.8, 4) is 0 Å². The van der Waals surface area contributed by atoms with E-state index in [-0.39, 0.29) is 12.1 Å². The number of nitrogens with zero attached hydrogens (tertiary/aromatic N) is 3. The normalized spacial score (nSPS) is 19.4. The molecule has 1 unspecified atom stereocenters. The molecule has 0 aliphatic carbocycles. The average Bonchev–Trinajstić information content (AvgIpc) is 3.42. The molecule has 0 bridgehead atoms. The number of carbonyl (C=O) groups is 1. The fourth-order valence-electron chi connectivity index (χ4n) is 5.01. The summed E-state index contributed by atoms with van der Waals surface area (Å²) < 4.78 is 5.54. The predicted octanol–water partition coefficient (Wildman–Crippen LogP) is 3.51. The number of para-hydroxylation sites is 2. The number of aromatic amines is 2. The van der Waals surface area contributed by atoms with Gasteiger partial charge in [0.05, 0.1) is 24.8 Å². The second-order valence-corrected chi connectivity index (χ2v) is 8.48. The third kappa shape index (κ3) is 3.32. The molecule has 164 valence electrons. The number of aromatic nitrogens is 3. The Labute approximate surface area is 185 Å². The monoisotopic (exact) mass is 430 g/mol. The van der Waals surface area contributed by atoms with Gasteiger partial charge in [0.15, 0.2) is 5.82 Å². The number of benzene rings is 2. The van der Waals surface area contributed by atoms with Crippen molar-refractivity contribution in [3.63, 3.8) is 0 Å². The quantitative estimate of drug-likeness (QED) is 0.464. The Morgan fingerprint density at radius 1 is 1.03 bits per heavy atom. The Bertz CT molecular complexity index is 1270. The van der Waals surface area contributed by atoms with Crippen molar-refractivity contribution < 1.29 is 9.53 Å². The standard InChI is InChI=1S/C24H26N6O2/c31-24(26-23-18-6-2-4-8-20(18)27-28-23)30-10-9-17-16-5-1-3-7-19(16)25-22(17)21(30)15-29-11-13-32-14-12-29/h1-8,21,25H,9-15H2,(H2,26,27,28,31). The van der Waals surface area contributed by atoms with Crippen molar-refractivity contribution in [2.24, 2.45) is 0 Å². The number of H-pyrrole nitrogens is 2. The number of rotatable bonds is 3. The summed E-state index contributed by atoms with van der Waals surface area (Å²) in [5.41, 5.74) is 4.51. The fourth-order valence-corrected chi connectivity index (χ4v) is 5.01. The molecule has 0 radical (unpaired) electrons. The van der Waals surface area contributed by atoms with Crippen molar-refractivity contribution in [1.29, 1.82) is 0 Å². The number of anilines is 1. The largest absolute Gasteiger partial charge is 0.379 e. The summed E-state index contributed by atoms with van der Waals surface area (Å²) in [6, 6.07) is 16.0. The first-order valence-corrected chi connectivity index (χ1v) is 11.2. The lowest BCUT2D eigenvalue weighted by Crippen LogP contribution is -2.48. The zero-order valence-corrected chi connectivity index (χ0v) is 17.8. The van der Waals surface area contributed by atoms with Gasteiger partial charge in [-0.2, -0.15) is 5.10 Å². The van der Waals surface area contributed by atoms with E-state index in [1.165, 1.54) is 10.9 Å². The minimum Gasteiger partial charge on any atom is -0.379 e. The van der Waals surface area contributed by atoms with E-state index in [9.17, 15) is 4.79 Å². The first-order chi connectivity index (χ1) is 15.8. The Kier molecular flexibility index (Phi) is 4.81. The first kappa shape index (κ1) is 19.3. The maximum Gasteiger partial charge on any atom is 0.323 e. The lowest BCUT2D eigenvalue weighted by atomic mass is 9.97. The molecule has 2 aromatic heterocycles. The zero-order chi connectivity index (χ0) is 21.5. The van der Waals surface area contributed by atoms with E-state index in [2.05, 4.69) is 49.7 Å². The predicted molar refractivity (Wildman–Crippen MR) is 124 cm³/mol. The molecule has 8 heteroatoms. The summed E-state index contributed by atoms with van der Waals surface area (Å²) in [6.45, 7) is 4.67. The lowest BCUT2D eigenvalue weighted by molar-refractivity contribution is 0.0251. The molecule has 2 aromatic carbocycles. The number of fused-ring (bicyclic) bond motifs is 4. The number of nitrogens with one attached hydrogen (secondary N) is 3. The minimum absolute atomic E-state index is 0.0607. The second-order valence-electron chi connectivity index (χ2n) is 8.48. The van der Waals surface area contributed by atoms with Gasteiger partial charge in [-0.05, 0) is 30.2 Å². The fraction of sp³-hybridized carbons (Fsp3) is 0.333. The maximum atomic E-state index is 13.5. The molecule has 2 aliphatic heterocycles. The van der Waals surface area contributed by atoms with Crippen LogP contribution in [0.25, 0.3) is 21.8 Å². The molecule has 8 nitrogen and oxygen atoms in total. The highest BCUT2D eigenvalue weighted by atomic mass is 16.5. The number of amides is 2. The summed E-state index contributed by atoms with van der Waals surface area (Å²) in [5.74, 6) is 0.568. The molecule has 0 spiro atoms. The van der Waals surface area contributed by atoms with Gasteiger partial charge < -0.3 is 14.6 Å². The van der Waals surface area contributed by atoms with Crippen LogP contribution in [0.15, 0.2) is 48.5 Å². The Morgan fingerprint density at radius 3 is 2.62 bits per heavy atom. The number of ether oxygens (including phenoxy) is 1. The van der Waals surface area contributed by atoms with Crippen LogP contribution in [0.1, 0.15) is 17.3 Å². The molecule has 4 aromatic rings. The first-order valence-electron chi connectivity index (χ1n) is 11.2. The molecule has 2 aliphatic rings. The topological polar surface area (TPSA) is 89.3 Å². The molecule has 4 heterocycles. The van der Waals surface area contributed by atoms with Crippen molar-refractivity contribution in [2.45, 2.75) is 12.5 Å². The number of morpholine rings is 1. The van der Waals surface area contributed by atoms with E-state index >= 15 is 0 Å². The average molecular weight is 431 g/mol. The van der Waals surface area contributed by atoms with E-state index in [0.29, 0.717) is 12.4 Å². The molecule has 3 N–H and O–H groups in total. The molecule has 1 saturated heterocycles. The SMILES string of the molecule is O=C(Nc1n[nH]c2ccccc12)N1CCc2c([nH]c3ccccc23)C1CN1CCOCC1. The van der Waals surface area contributed by atoms with Crippen LogP contribution in [-0.2, 0) is 11.2 Å². The van der Waals surface area contributed by atoms with Gasteiger partial charge in [-0.25, -0.2) is 4.79 Å². The molecule has 1 fully saturated rings. The third-order valence-corrected chi connectivity index (χ3v) is 6.65. The number of hydrogen-bond acceptors (Lipinski definition) is 4. The molecular formula is C24H26N6O2. The molecule has 2 amide bonds. The number of hydrogen-bond donors (Lipinski definition) is 3. The second kappa shape index (κ2) is 7.96. The Balaban J connectivity index is 1.33. The van der Waals surface area contributed by atoms with Crippen LogP contribution in [0, 0.1) is 0 Å². The smallest absolute Gasteiger partial charge is 0.323 e. The van der Waals surface area contributed by atoms with E-state index in [1.54, 1.807) is 0 Å². The van der Waals surface area contributed by atoms with Gasteiger partial charge in [-0.15, -0.1) is 0 Å². The van der Waals surface area contributed by atoms with Crippen LogP contribution in [0.2, 0.25) is 0 Å². The Hall–Kier alpha value is -3.36. The van der Waals surface area contributed by atoms with Crippen LogP contribution in [0.3, 0.4) is 0 Å². The van der Waals surface area contributed by atoms with Crippen molar-refractivity contribution in [1.82, 2.24) is 25.0 Å². The third-order valence-electron chi connectivity index (χ3n) is 6.65. The highest BCUT2D eigenvalue weighted by Crippen LogP contribution is 2.35. The van der Waals surface area contributed by atoms with Crippen LogP contribution in [-0.4, -0.2) is 70.4 Å². The molecular weight excluding hydrogens is 404 g/mol. The summed E-state index contributed by atoms with van der Waals surface area (Å²) in [5, 5.41) is 12.5. The summed E-state index contributed by atoms with van der Waals surface area (Å²) in [4.78, 5) is 21.5. The zero-order valence-electron chi connectivity index (χ0n) is 17.8. The van der Waals surface area contributed by atoms with Crippen molar-refractivity contribution in [2.75, 3.05) is 44.7 Å². The van der Waals surface area contributed by atoms with Gasteiger partial charge in [0.25, 0.3) is 0 Å². The van der Waals surface area contributed by atoms with E-state index in [4.69, 9.17) is 4.74 Å². The van der Waals surface area contributed by atoms with Crippen LogP contribution < -0.4 is 5.32 Å². The van der Waals surface area contributed by atoms with Crippen LogP contribution in [0.5, 0.6) is 0 Å². The summed E-state index contributed by atoms with van der Waals surface area (Å²) in [6.07, 6.45) is 0.827. The maximum absolute atomic E-state index is 13.5. The van der Waals surface area contributed by atoms with Gasteiger partial charge >= 0.3 is 6.03 Å². The summed E-state index contributed by atoms with van der Waals surface area (Å²) in [7, 11) is 0. The van der Waals surface area contributed by atoms with Gasteiger partial charge in [0.2, 0.25) is 0 Å². The van der Waals surface area contributed by atoms with Gasteiger partial charge in [-0.3, -0.25) is 15.3 Å². The summed E-state index contributed by atoms with van der Waals surface area (Å²) >= 11 is 0. The highest BCUT2D eigenvalue weighted by Gasteiger charge is 2.35. The van der Waals surface area contributed by atoms with E-state index in [0.717, 1.165) is 61.4 Å². The van der Waals surface area contributed by atoms with Crippen molar-refractivity contribution in [3.05, 3.63) is 59.8 Å². The van der Waals surface area contributed by atoms with Crippen LogP contribution in [0.4, 0.5) is 10.6 Å². The van der Waals surface area contributed by atoms with Crippen LogP contribution >= 0.6 is 0 Å². The highest BCUT2D eigenvalue weighted by molar-refractivity contribution is 5.99. The van der Waals surface area contributed by atoms with Crippen molar-refractivity contribution >= 4 is 33.7 Å². The molecule has 6 rings (SSSR count). The van der Waals surface area contributed by atoms with E-state index in [1.807, 2.05) is 29.2 Å². The van der Waals surface area contributed by atoms with E-state index < -0.39 is 0 Å².